The van der Waals surface area contributed by atoms with Crippen LogP contribution in [-0.2, 0) is 4.79 Å². The lowest BCUT2D eigenvalue weighted by atomic mass is 9.76. The Balaban J connectivity index is 2.78. The molecule has 0 bridgehead atoms. The smallest absolute Gasteiger partial charge is 0.329 e. The lowest BCUT2D eigenvalue weighted by Crippen LogP contribution is -2.58. The van der Waals surface area contributed by atoms with Crippen molar-refractivity contribution in [3.05, 3.63) is 0 Å². The van der Waals surface area contributed by atoms with Gasteiger partial charge in [0.2, 0.25) is 0 Å². The molecule has 0 aromatic rings. The highest BCUT2D eigenvalue weighted by Crippen LogP contribution is 2.32. The van der Waals surface area contributed by atoms with Crippen molar-refractivity contribution in [3.63, 3.8) is 0 Å². The van der Waals surface area contributed by atoms with Gasteiger partial charge >= 0.3 is 12.0 Å². The second-order valence-corrected chi connectivity index (χ2v) is 4.29. The summed E-state index contributed by atoms with van der Waals surface area (Å²) in [5, 5.41) is 14.2. The van der Waals surface area contributed by atoms with Gasteiger partial charge in [-0.2, -0.15) is 0 Å². The molecule has 0 heterocycles. The van der Waals surface area contributed by atoms with Crippen LogP contribution in [0.4, 0.5) is 4.79 Å². The number of hydrogen-bond donors (Lipinski definition) is 3. The first-order valence-corrected chi connectivity index (χ1v) is 5.23. The summed E-state index contributed by atoms with van der Waals surface area (Å²) >= 11 is 0. The van der Waals surface area contributed by atoms with E-state index >= 15 is 0 Å². The molecule has 0 saturated heterocycles. The maximum atomic E-state index is 11.2. The zero-order valence-electron chi connectivity index (χ0n) is 9.17. The van der Waals surface area contributed by atoms with Crippen molar-refractivity contribution in [2.24, 2.45) is 5.92 Å². The van der Waals surface area contributed by atoms with Gasteiger partial charge < -0.3 is 15.7 Å². The van der Waals surface area contributed by atoms with Crippen molar-refractivity contribution in [1.82, 2.24) is 10.6 Å². The number of nitrogens with one attached hydrogen (secondary N) is 2. The standard InChI is InChI=1S/C10H18N2O3/c1-7-4-3-5-10(6-7,8(13)14)12-9(15)11-2/h7H,3-6H2,1-2H3,(H,13,14)(H2,11,12,15). The number of aliphatic carboxylic acids is 1. The Hall–Kier alpha value is -1.26. The van der Waals surface area contributed by atoms with Crippen molar-refractivity contribution < 1.29 is 14.7 Å². The maximum Gasteiger partial charge on any atom is 0.329 e. The Morgan fingerprint density at radius 3 is 2.60 bits per heavy atom. The zero-order chi connectivity index (χ0) is 11.5. The van der Waals surface area contributed by atoms with Gasteiger partial charge in [-0.1, -0.05) is 19.8 Å². The van der Waals surface area contributed by atoms with E-state index in [1.165, 1.54) is 7.05 Å². The predicted octanol–water partition coefficient (Wildman–Crippen LogP) is 0.949. The molecule has 0 aromatic carbocycles. The minimum Gasteiger partial charge on any atom is -0.480 e. The Labute approximate surface area is 89.2 Å². The van der Waals surface area contributed by atoms with Gasteiger partial charge in [0.15, 0.2) is 0 Å². The van der Waals surface area contributed by atoms with Crippen LogP contribution >= 0.6 is 0 Å². The van der Waals surface area contributed by atoms with E-state index in [0.29, 0.717) is 18.8 Å². The van der Waals surface area contributed by atoms with Crippen LogP contribution in [0.5, 0.6) is 0 Å². The van der Waals surface area contributed by atoms with Gasteiger partial charge in [-0.15, -0.1) is 0 Å². The molecule has 2 amide bonds. The van der Waals surface area contributed by atoms with E-state index < -0.39 is 17.5 Å². The number of rotatable bonds is 2. The molecular weight excluding hydrogens is 196 g/mol. The SMILES string of the molecule is CNC(=O)NC1(C(=O)O)CCCC(C)C1. The molecule has 86 valence electrons. The Bertz CT molecular complexity index is 267. The molecule has 1 rings (SSSR count). The molecular formula is C10H18N2O3. The largest absolute Gasteiger partial charge is 0.480 e. The summed E-state index contributed by atoms with van der Waals surface area (Å²) in [6.45, 7) is 2.02. The van der Waals surface area contributed by atoms with Crippen molar-refractivity contribution >= 4 is 12.0 Å². The lowest BCUT2D eigenvalue weighted by molar-refractivity contribution is -0.146. The van der Waals surface area contributed by atoms with Crippen LogP contribution in [0.25, 0.3) is 0 Å². The van der Waals surface area contributed by atoms with Crippen LogP contribution in [0.2, 0.25) is 0 Å². The van der Waals surface area contributed by atoms with Crippen LogP contribution in [0.3, 0.4) is 0 Å². The lowest BCUT2D eigenvalue weighted by Gasteiger charge is -2.36. The first-order valence-electron chi connectivity index (χ1n) is 5.23. The fourth-order valence-electron chi connectivity index (χ4n) is 2.19. The Morgan fingerprint density at radius 1 is 1.47 bits per heavy atom. The zero-order valence-corrected chi connectivity index (χ0v) is 9.17. The number of carbonyl (C=O) groups is 2. The molecule has 2 unspecified atom stereocenters. The summed E-state index contributed by atoms with van der Waals surface area (Å²) in [6, 6.07) is -0.425. The van der Waals surface area contributed by atoms with Gasteiger partial charge in [-0.05, 0) is 18.8 Å². The molecule has 1 fully saturated rings. The van der Waals surface area contributed by atoms with E-state index in [-0.39, 0.29) is 0 Å². The second kappa shape index (κ2) is 4.51. The number of amides is 2. The molecule has 1 aliphatic carbocycles. The first kappa shape index (κ1) is 11.8. The third-order valence-corrected chi connectivity index (χ3v) is 2.99. The fraction of sp³-hybridized carbons (Fsp3) is 0.800. The summed E-state index contributed by atoms with van der Waals surface area (Å²) < 4.78 is 0. The molecule has 1 saturated carbocycles. The van der Waals surface area contributed by atoms with Gasteiger partial charge in [0, 0.05) is 7.05 Å². The number of urea groups is 1. The number of carboxylic acids is 1. The van der Waals surface area contributed by atoms with Gasteiger partial charge in [-0.25, -0.2) is 9.59 Å². The van der Waals surface area contributed by atoms with E-state index in [4.69, 9.17) is 0 Å². The molecule has 0 aliphatic heterocycles. The molecule has 2 atom stereocenters. The first-order chi connectivity index (χ1) is 7.00. The number of carbonyl (C=O) groups excluding carboxylic acids is 1. The molecule has 5 nitrogen and oxygen atoms in total. The van der Waals surface area contributed by atoms with Gasteiger partial charge in [-0.3, -0.25) is 0 Å². The van der Waals surface area contributed by atoms with E-state index in [1.54, 1.807) is 0 Å². The minimum absolute atomic E-state index is 0.340. The van der Waals surface area contributed by atoms with E-state index in [0.717, 1.165) is 12.8 Å². The summed E-state index contributed by atoms with van der Waals surface area (Å²) in [4.78, 5) is 22.4. The second-order valence-electron chi connectivity index (χ2n) is 4.29. The van der Waals surface area contributed by atoms with Crippen LogP contribution < -0.4 is 10.6 Å². The molecule has 0 spiro atoms. The van der Waals surface area contributed by atoms with Gasteiger partial charge in [0.1, 0.15) is 5.54 Å². The number of carboxylic acid groups (broad SMARTS) is 1. The topological polar surface area (TPSA) is 78.4 Å². The van der Waals surface area contributed by atoms with Crippen LogP contribution in [0.15, 0.2) is 0 Å². The maximum absolute atomic E-state index is 11.2. The average molecular weight is 214 g/mol. The summed E-state index contributed by atoms with van der Waals surface area (Å²) in [5.74, 6) is -0.593. The minimum atomic E-state index is -1.07. The summed E-state index contributed by atoms with van der Waals surface area (Å²) in [6.07, 6.45) is 2.90. The normalized spacial score (nSPS) is 30.7. The molecule has 1 aliphatic rings. The molecule has 0 aromatic heterocycles. The highest BCUT2D eigenvalue weighted by Gasteiger charge is 2.42. The van der Waals surface area contributed by atoms with E-state index in [1.807, 2.05) is 6.92 Å². The highest BCUT2D eigenvalue weighted by molar-refractivity contribution is 5.86. The summed E-state index contributed by atoms with van der Waals surface area (Å²) in [7, 11) is 1.48. The average Bonchev–Trinajstić information content (AvgIpc) is 2.17. The fourth-order valence-corrected chi connectivity index (χ4v) is 2.19. The Kier molecular flexibility index (Phi) is 3.55. The molecule has 15 heavy (non-hydrogen) atoms. The van der Waals surface area contributed by atoms with Crippen LogP contribution in [0.1, 0.15) is 32.6 Å². The van der Waals surface area contributed by atoms with Gasteiger partial charge in [0.05, 0.1) is 0 Å². The highest BCUT2D eigenvalue weighted by atomic mass is 16.4. The third-order valence-electron chi connectivity index (χ3n) is 2.99. The van der Waals surface area contributed by atoms with Crippen molar-refractivity contribution in [3.8, 4) is 0 Å². The van der Waals surface area contributed by atoms with E-state index in [9.17, 15) is 14.7 Å². The monoisotopic (exact) mass is 214 g/mol. The van der Waals surface area contributed by atoms with Crippen LogP contribution in [-0.4, -0.2) is 29.7 Å². The third kappa shape index (κ3) is 2.61. The van der Waals surface area contributed by atoms with E-state index in [2.05, 4.69) is 10.6 Å². The summed E-state index contributed by atoms with van der Waals surface area (Å²) in [5.41, 5.74) is -1.07. The molecule has 0 radical (unpaired) electrons. The Morgan fingerprint density at radius 2 is 2.13 bits per heavy atom. The van der Waals surface area contributed by atoms with Gasteiger partial charge in [0.25, 0.3) is 0 Å². The van der Waals surface area contributed by atoms with Crippen molar-refractivity contribution in [2.75, 3.05) is 7.05 Å². The van der Waals surface area contributed by atoms with Crippen molar-refractivity contribution in [1.29, 1.82) is 0 Å². The molecule has 3 N–H and O–H groups in total. The molecule has 5 heteroatoms. The van der Waals surface area contributed by atoms with Crippen LogP contribution in [0, 0.1) is 5.92 Å². The quantitative estimate of drug-likeness (QED) is 0.640. The van der Waals surface area contributed by atoms with Crippen molar-refractivity contribution in [2.45, 2.75) is 38.1 Å². The number of hydrogen-bond acceptors (Lipinski definition) is 2. The predicted molar refractivity (Wildman–Crippen MR) is 55.6 cm³/mol.